The first-order chi connectivity index (χ1) is 14.0. The van der Waals surface area contributed by atoms with E-state index in [2.05, 4.69) is 9.98 Å². The smallest absolute Gasteiger partial charge is 0.413 e. The number of carbonyl (C=O) groups is 2. The molecule has 1 fully saturated rings. The first-order valence-corrected chi connectivity index (χ1v) is 9.34. The van der Waals surface area contributed by atoms with Gasteiger partial charge in [-0.15, -0.1) is 0 Å². The van der Waals surface area contributed by atoms with Gasteiger partial charge < -0.3 is 20.8 Å². The highest BCUT2D eigenvalue weighted by Crippen LogP contribution is 2.52. The Bertz CT molecular complexity index is 908. The number of hydrogen-bond acceptors (Lipinski definition) is 4. The molecule has 1 aromatic heterocycles. The third kappa shape index (κ3) is 4.24. The molecule has 2 heterocycles. The van der Waals surface area contributed by atoms with E-state index in [1.807, 2.05) is 0 Å². The van der Waals surface area contributed by atoms with E-state index in [4.69, 9.17) is 15.9 Å². The highest BCUT2D eigenvalue weighted by atomic mass is 19.4. The SMILES string of the molecule is CC1(C2CCN(C(=O)c3ncco3)CC2)CC=C(C(=O)N=C(N)N)C=C1C(F)(F)F. The third-order valence-electron chi connectivity index (χ3n) is 5.74. The summed E-state index contributed by atoms with van der Waals surface area (Å²) in [6.07, 6.45) is 1.06. The fraction of sp³-hybridized carbons (Fsp3) is 0.474. The van der Waals surface area contributed by atoms with Gasteiger partial charge in [0.2, 0.25) is 0 Å². The van der Waals surface area contributed by atoms with Crippen molar-refractivity contribution >= 4 is 17.8 Å². The van der Waals surface area contributed by atoms with E-state index in [0.717, 1.165) is 6.08 Å². The molecular weight excluding hydrogens is 403 g/mol. The van der Waals surface area contributed by atoms with Gasteiger partial charge in [0.15, 0.2) is 5.96 Å². The minimum Gasteiger partial charge on any atom is -0.441 e. The quantitative estimate of drug-likeness (QED) is 0.564. The van der Waals surface area contributed by atoms with Crippen LogP contribution >= 0.6 is 0 Å². The number of piperidine rings is 1. The fourth-order valence-corrected chi connectivity index (χ4v) is 4.12. The standard InChI is InChI=1S/C19H22F3N5O3/c1-18(12-3-7-27(8-4-12)16(29)15-25-6-9-30-15)5-2-11(14(28)26-17(23)24)10-13(18)19(20,21)22/h2,6,9-10,12H,3-5,7-8H2,1H3,(H4,23,24,26,28). The predicted octanol–water partition coefficient (Wildman–Crippen LogP) is 2.15. The van der Waals surface area contributed by atoms with Crippen LogP contribution in [0.4, 0.5) is 13.2 Å². The number of halogens is 3. The molecule has 30 heavy (non-hydrogen) atoms. The molecule has 162 valence electrons. The summed E-state index contributed by atoms with van der Waals surface area (Å²) in [6, 6.07) is 0. The number of aromatic nitrogens is 1. The number of allylic oxidation sites excluding steroid dienone is 2. The number of aliphatic imine (C=N–C) groups is 1. The van der Waals surface area contributed by atoms with Gasteiger partial charge in [-0.25, -0.2) is 4.98 Å². The molecule has 0 radical (unpaired) electrons. The second kappa shape index (κ2) is 7.96. The molecule has 2 aliphatic rings. The van der Waals surface area contributed by atoms with Crippen molar-refractivity contribution in [2.75, 3.05) is 13.1 Å². The summed E-state index contributed by atoms with van der Waals surface area (Å²) in [6.45, 7) is 2.12. The number of alkyl halides is 3. The highest BCUT2D eigenvalue weighted by Gasteiger charge is 2.51. The van der Waals surface area contributed by atoms with E-state index in [0.29, 0.717) is 12.8 Å². The van der Waals surface area contributed by atoms with Crippen LogP contribution in [0.25, 0.3) is 0 Å². The Morgan fingerprint density at radius 2 is 1.97 bits per heavy atom. The van der Waals surface area contributed by atoms with Gasteiger partial charge in [-0.1, -0.05) is 13.0 Å². The average Bonchev–Trinajstić information content (AvgIpc) is 3.21. The summed E-state index contributed by atoms with van der Waals surface area (Å²) in [7, 11) is 0. The molecular formula is C19H22F3N5O3. The normalized spacial score (nSPS) is 22.9. The van der Waals surface area contributed by atoms with Crippen molar-refractivity contribution in [3.8, 4) is 0 Å². The van der Waals surface area contributed by atoms with Crippen LogP contribution in [0.1, 0.15) is 36.9 Å². The first-order valence-electron chi connectivity index (χ1n) is 9.34. The summed E-state index contributed by atoms with van der Waals surface area (Å²) in [5.74, 6) is -2.19. The van der Waals surface area contributed by atoms with Gasteiger partial charge in [-0.05, 0) is 31.3 Å². The molecule has 8 nitrogen and oxygen atoms in total. The van der Waals surface area contributed by atoms with Crippen LogP contribution < -0.4 is 11.5 Å². The second-order valence-corrected chi connectivity index (χ2v) is 7.58. The van der Waals surface area contributed by atoms with Crippen LogP contribution in [0.5, 0.6) is 0 Å². The molecule has 0 bridgehead atoms. The van der Waals surface area contributed by atoms with Crippen molar-refractivity contribution in [3.63, 3.8) is 0 Å². The maximum Gasteiger partial charge on any atom is 0.413 e. The zero-order valence-electron chi connectivity index (χ0n) is 16.3. The Morgan fingerprint density at radius 1 is 1.30 bits per heavy atom. The first kappa shape index (κ1) is 21.6. The predicted molar refractivity (Wildman–Crippen MR) is 101 cm³/mol. The lowest BCUT2D eigenvalue weighted by Crippen LogP contribution is -2.45. The maximum absolute atomic E-state index is 13.9. The van der Waals surface area contributed by atoms with Gasteiger partial charge in [0.25, 0.3) is 11.8 Å². The van der Waals surface area contributed by atoms with Gasteiger partial charge in [-0.3, -0.25) is 9.59 Å². The molecule has 0 spiro atoms. The van der Waals surface area contributed by atoms with Crippen LogP contribution in [0, 0.1) is 11.3 Å². The van der Waals surface area contributed by atoms with Crippen LogP contribution in [0.15, 0.2) is 45.2 Å². The Labute approximate surface area is 170 Å². The lowest BCUT2D eigenvalue weighted by atomic mass is 9.63. The number of nitrogens with zero attached hydrogens (tertiary/aromatic N) is 3. The van der Waals surface area contributed by atoms with Gasteiger partial charge in [-0.2, -0.15) is 18.2 Å². The zero-order chi connectivity index (χ0) is 22.1. The molecule has 1 aromatic rings. The van der Waals surface area contributed by atoms with E-state index < -0.39 is 29.0 Å². The molecule has 0 saturated carbocycles. The number of likely N-dealkylation sites (tertiary alicyclic amines) is 1. The van der Waals surface area contributed by atoms with Crippen molar-refractivity contribution in [2.45, 2.75) is 32.4 Å². The monoisotopic (exact) mass is 425 g/mol. The summed E-state index contributed by atoms with van der Waals surface area (Å²) in [5, 5.41) is 0. The molecule has 2 amide bonds. The van der Waals surface area contributed by atoms with Crippen molar-refractivity contribution in [2.24, 2.45) is 27.8 Å². The van der Waals surface area contributed by atoms with Crippen molar-refractivity contribution < 1.29 is 27.2 Å². The van der Waals surface area contributed by atoms with E-state index >= 15 is 0 Å². The van der Waals surface area contributed by atoms with E-state index in [9.17, 15) is 22.8 Å². The van der Waals surface area contributed by atoms with Crippen LogP contribution in [0.3, 0.4) is 0 Å². The lowest BCUT2D eigenvalue weighted by molar-refractivity contribution is -0.115. The topological polar surface area (TPSA) is 128 Å². The Hall–Kier alpha value is -3.11. The number of carbonyl (C=O) groups excluding carboxylic acids is 2. The van der Waals surface area contributed by atoms with Gasteiger partial charge in [0, 0.05) is 29.7 Å². The maximum atomic E-state index is 13.9. The highest BCUT2D eigenvalue weighted by molar-refractivity contribution is 6.03. The molecule has 1 unspecified atom stereocenters. The molecule has 1 aliphatic carbocycles. The summed E-state index contributed by atoms with van der Waals surface area (Å²) < 4.78 is 46.7. The van der Waals surface area contributed by atoms with E-state index in [1.165, 1.54) is 23.4 Å². The average molecular weight is 425 g/mol. The molecule has 11 heteroatoms. The summed E-state index contributed by atoms with van der Waals surface area (Å²) in [4.78, 5) is 33.0. The van der Waals surface area contributed by atoms with Gasteiger partial charge in [0.1, 0.15) is 6.26 Å². The Kier molecular flexibility index (Phi) is 5.73. The number of rotatable bonds is 3. The number of hydrogen-bond donors (Lipinski definition) is 2. The molecule has 1 aliphatic heterocycles. The number of guanidine groups is 1. The number of oxazole rings is 1. The van der Waals surface area contributed by atoms with Crippen LogP contribution in [-0.2, 0) is 4.79 Å². The van der Waals surface area contributed by atoms with Gasteiger partial charge in [0.05, 0.1) is 6.20 Å². The van der Waals surface area contributed by atoms with E-state index in [1.54, 1.807) is 6.92 Å². The molecule has 3 rings (SSSR count). The largest absolute Gasteiger partial charge is 0.441 e. The number of amides is 2. The van der Waals surface area contributed by atoms with Crippen LogP contribution in [0.2, 0.25) is 0 Å². The fourth-order valence-electron chi connectivity index (χ4n) is 4.12. The zero-order valence-corrected chi connectivity index (χ0v) is 16.3. The Morgan fingerprint density at radius 3 is 2.50 bits per heavy atom. The third-order valence-corrected chi connectivity index (χ3v) is 5.74. The minimum absolute atomic E-state index is 0.0117. The second-order valence-electron chi connectivity index (χ2n) is 7.58. The molecule has 0 aromatic carbocycles. The number of nitrogens with two attached hydrogens (primary N) is 2. The summed E-state index contributed by atoms with van der Waals surface area (Å²) >= 11 is 0. The van der Waals surface area contributed by atoms with Crippen molar-refractivity contribution in [3.05, 3.63) is 41.6 Å². The van der Waals surface area contributed by atoms with Crippen LogP contribution in [-0.4, -0.2) is 46.9 Å². The van der Waals surface area contributed by atoms with Crippen molar-refractivity contribution in [1.82, 2.24) is 9.88 Å². The van der Waals surface area contributed by atoms with E-state index in [-0.39, 0.29) is 42.8 Å². The molecule has 4 N–H and O–H groups in total. The lowest BCUT2D eigenvalue weighted by Gasteiger charge is -2.45. The summed E-state index contributed by atoms with van der Waals surface area (Å²) in [5.41, 5.74) is 8.10. The van der Waals surface area contributed by atoms with Gasteiger partial charge >= 0.3 is 12.1 Å². The van der Waals surface area contributed by atoms with Crippen molar-refractivity contribution in [1.29, 1.82) is 0 Å². The molecule has 1 saturated heterocycles. The molecule has 1 atom stereocenters. The Balaban J connectivity index is 1.79. The minimum atomic E-state index is -4.63.